The molecule has 34 heavy (non-hydrogen) atoms. The van der Waals surface area contributed by atoms with Crippen LogP contribution in [0.25, 0.3) is 0 Å². The highest BCUT2D eigenvalue weighted by molar-refractivity contribution is 6.30. The molecule has 0 aliphatic carbocycles. The van der Waals surface area contributed by atoms with Crippen LogP contribution in [0.15, 0.2) is 54.6 Å². The number of hydrogen-bond acceptors (Lipinski definition) is 4. The second-order valence-electron chi connectivity index (χ2n) is 8.82. The third-order valence-corrected chi connectivity index (χ3v) is 6.50. The molecule has 3 rings (SSSR count). The maximum atomic E-state index is 13.1. The lowest BCUT2D eigenvalue weighted by Gasteiger charge is -2.33. The van der Waals surface area contributed by atoms with Gasteiger partial charge in [-0.05, 0) is 55.2 Å². The monoisotopic (exact) mass is 484 g/mol. The zero-order chi connectivity index (χ0) is 24.5. The maximum absolute atomic E-state index is 13.1. The van der Waals surface area contributed by atoms with E-state index in [0.717, 1.165) is 38.0 Å². The van der Waals surface area contributed by atoms with Crippen LogP contribution in [0.5, 0.6) is 0 Å². The van der Waals surface area contributed by atoms with Crippen molar-refractivity contribution in [3.8, 4) is 0 Å². The number of carbonyl (C=O) groups is 3. The van der Waals surface area contributed by atoms with E-state index in [0.29, 0.717) is 17.1 Å². The van der Waals surface area contributed by atoms with Gasteiger partial charge in [0.1, 0.15) is 6.04 Å². The molecule has 0 spiro atoms. The van der Waals surface area contributed by atoms with Crippen LogP contribution < -0.4 is 16.0 Å². The van der Waals surface area contributed by atoms with E-state index in [1.165, 1.54) is 0 Å². The lowest BCUT2D eigenvalue weighted by Crippen LogP contribution is -2.54. The number of amides is 3. The number of piperidine rings is 1. The van der Waals surface area contributed by atoms with Crippen molar-refractivity contribution >= 4 is 35.0 Å². The van der Waals surface area contributed by atoms with E-state index >= 15 is 0 Å². The Kier molecular flexibility index (Phi) is 9.48. The predicted octanol–water partition coefficient (Wildman–Crippen LogP) is 3.70. The molecule has 2 aromatic rings. The van der Waals surface area contributed by atoms with Crippen molar-refractivity contribution in [1.82, 2.24) is 15.5 Å². The average molecular weight is 485 g/mol. The van der Waals surface area contributed by atoms with Gasteiger partial charge in [-0.15, -0.1) is 0 Å². The van der Waals surface area contributed by atoms with Crippen LogP contribution in [0.4, 0.5) is 5.69 Å². The first-order chi connectivity index (χ1) is 16.4. The van der Waals surface area contributed by atoms with Gasteiger partial charge >= 0.3 is 0 Å². The number of rotatable bonds is 9. The summed E-state index contributed by atoms with van der Waals surface area (Å²) in [6.07, 6.45) is 2.26. The smallest absolute Gasteiger partial charge is 0.251 e. The number of halogens is 1. The molecule has 0 saturated carbocycles. The fourth-order valence-corrected chi connectivity index (χ4v) is 4.11. The fourth-order valence-electron chi connectivity index (χ4n) is 3.98. The average Bonchev–Trinajstić information content (AvgIpc) is 2.84. The Hall–Kier alpha value is -2.90. The second-order valence-corrected chi connectivity index (χ2v) is 9.25. The quantitative estimate of drug-likeness (QED) is 0.506. The van der Waals surface area contributed by atoms with Gasteiger partial charge in [0.2, 0.25) is 11.8 Å². The summed E-state index contributed by atoms with van der Waals surface area (Å²) >= 11 is 5.91. The first kappa shape index (κ1) is 25.7. The van der Waals surface area contributed by atoms with Gasteiger partial charge in [-0.1, -0.05) is 50.1 Å². The Labute approximate surface area is 206 Å². The van der Waals surface area contributed by atoms with Crippen LogP contribution in [0.2, 0.25) is 5.02 Å². The molecule has 0 radical (unpaired) electrons. The molecule has 182 valence electrons. The zero-order valence-corrected chi connectivity index (χ0v) is 20.5. The van der Waals surface area contributed by atoms with Crippen molar-refractivity contribution in [3.63, 3.8) is 0 Å². The Morgan fingerprint density at radius 2 is 1.68 bits per heavy atom. The van der Waals surface area contributed by atoms with E-state index in [1.54, 1.807) is 24.3 Å². The first-order valence-electron chi connectivity index (χ1n) is 11.8. The molecule has 0 bridgehead atoms. The van der Waals surface area contributed by atoms with Crippen molar-refractivity contribution in [2.45, 2.75) is 45.2 Å². The molecule has 3 amide bonds. The van der Waals surface area contributed by atoms with Crippen molar-refractivity contribution in [2.75, 3.05) is 25.0 Å². The van der Waals surface area contributed by atoms with Gasteiger partial charge in [-0.3, -0.25) is 19.3 Å². The molecule has 1 aliphatic rings. The summed E-state index contributed by atoms with van der Waals surface area (Å²) in [5, 5.41) is 9.46. The highest BCUT2D eigenvalue weighted by atomic mass is 35.5. The fraction of sp³-hybridized carbons (Fsp3) is 0.423. The van der Waals surface area contributed by atoms with E-state index in [1.807, 2.05) is 44.2 Å². The molecular formula is C26H33ClN4O3. The lowest BCUT2D eigenvalue weighted by atomic mass is 9.96. The zero-order valence-electron chi connectivity index (χ0n) is 19.7. The number of anilines is 1. The van der Waals surface area contributed by atoms with Gasteiger partial charge in [0.05, 0.1) is 6.54 Å². The normalized spacial score (nSPS) is 16.3. The number of nitrogens with zero attached hydrogens (tertiary/aromatic N) is 1. The molecule has 3 N–H and O–H groups in total. The number of nitrogens with one attached hydrogen (secondary N) is 3. The number of likely N-dealkylation sites (tertiary alicyclic amines) is 1. The third kappa shape index (κ3) is 7.57. The number of hydrogen-bond donors (Lipinski definition) is 3. The summed E-state index contributed by atoms with van der Waals surface area (Å²) in [6, 6.07) is 15.4. The molecule has 7 nitrogen and oxygen atoms in total. The highest BCUT2D eigenvalue weighted by Gasteiger charge is 2.29. The second kappa shape index (κ2) is 12.5. The Bertz CT molecular complexity index is 960. The Morgan fingerprint density at radius 1 is 1.03 bits per heavy atom. The van der Waals surface area contributed by atoms with Crippen molar-refractivity contribution in [3.05, 3.63) is 65.2 Å². The Balaban J connectivity index is 1.48. The predicted molar refractivity (Wildman–Crippen MR) is 135 cm³/mol. The van der Waals surface area contributed by atoms with Crippen LogP contribution in [0.1, 0.15) is 43.5 Å². The van der Waals surface area contributed by atoms with Crippen LogP contribution >= 0.6 is 11.6 Å². The highest BCUT2D eigenvalue weighted by Crippen LogP contribution is 2.15. The van der Waals surface area contributed by atoms with E-state index < -0.39 is 6.04 Å². The number of carbonyl (C=O) groups excluding carboxylic acids is 3. The van der Waals surface area contributed by atoms with Crippen molar-refractivity contribution in [2.24, 2.45) is 5.92 Å². The largest absolute Gasteiger partial charge is 0.351 e. The summed E-state index contributed by atoms with van der Waals surface area (Å²) in [4.78, 5) is 40.2. The number of para-hydroxylation sites is 1. The molecular weight excluding hydrogens is 452 g/mol. The van der Waals surface area contributed by atoms with Crippen molar-refractivity contribution < 1.29 is 14.4 Å². The van der Waals surface area contributed by atoms with Crippen LogP contribution in [0, 0.1) is 5.92 Å². The minimum Gasteiger partial charge on any atom is -0.351 e. The third-order valence-electron chi connectivity index (χ3n) is 6.25. The van der Waals surface area contributed by atoms with Gasteiger partial charge in [-0.2, -0.15) is 0 Å². The summed E-state index contributed by atoms with van der Waals surface area (Å²) < 4.78 is 0. The lowest BCUT2D eigenvalue weighted by molar-refractivity contribution is -0.125. The van der Waals surface area contributed by atoms with Crippen LogP contribution in [-0.4, -0.2) is 54.3 Å². The van der Waals surface area contributed by atoms with Gasteiger partial charge in [0, 0.05) is 35.4 Å². The molecule has 2 aromatic carbocycles. The molecule has 1 saturated heterocycles. The molecule has 2 atom stereocenters. The van der Waals surface area contributed by atoms with Crippen LogP contribution in [0.3, 0.4) is 0 Å². The molecule has 1 aliphatic heterocycles. The van der Waals surface area contributed by atoms with Gasteiger partial charge < -0.3 is 16.0 Å². The van der Waals surface area contributed by atoms with Gasteiger partial charge in [-0.25, -0.2) is 0 Å². The summed E-state index contributed by atoms with van der Waals surface area (Å²) in [5.74, 6) is -0.526. The Morgan fingerprint density at radius 3 is 2.29 bits per heavy atom. The summed E-state index contributed by atoms with van der Waals surface area (Å²) in [6.45, 7) is 5.72. The van der Waals surface area contributed by atoms with E-state index in [2.05, 4.69) is 20.9 Å². The van der Waals surface area contributed by atoms with E-state index in [4.69, 9.17) is 11.6 Å². The first-order valence-corrected chi connectivity index (χ1v) is 12.2. The minimum atomic E-state index is -0.622. The topological polar surface area (TPSA) is 90.5 Å². The molecule has 0 aromatic heterocycles. The van der Waals surface area contributed by atoms with Gasteiger partial charge in [0.15, 0.2) is 0 Å². The van der Waals surface area contributed by atoms with Crippen LogP contribution in [-0.2, 0) is 9.59 Å². The SMILES string of the molecule is CC[C@H](C)[C@@H](NC(=O)c1ccc(Cl)cc1)C(=O)NC1CCN(CC(=O)Nc2ccccc2)CC1. The minimum absolute atomic E-state index is 0.0138. The summed E-state index contributed by atoms with van der Waals surface area (Å²) in [5.41, 5.74) is 1.25. The maximum Gasteiger partial charge on any atom is 0.251 e. The number of benzene rings is 2. The van der Waals surface area contributed by atoms with Crippen molar-refractivity contribution in [1.29, 1.82) is 0 Å². The van der Waals surface area contributed by atoms with Gasteiger partial charge in [0.25, 0.3) is 5.91 Å². The molecule has 8 heteroatoms. The molecule has 0 unspecified atom stereocenters. The van der Waals surface area contributed by atoms with E-state index in [-0.39, 0.29) is 29.7 Å². The van der Waals surface area contributed by atoms with E-state index in [9.17, 15) is 14.4 Å². The molecule has 1 heterocycles. The standard InChI is InChI=1S/C26H33ClN4O3/c1-3-18(2)24(30-25(33)19-9-11-20(27)12-10-19)26(34)29-22-13-15-31(16-14-22)17-23(32)28-21-7-5-4-6-8-21/h4-12,18,22,24H,3,13-17H2,1-2H3,(H,28,32)(H,29,34)(H,30,33)/t18-,24+/m0/s1. The summed E-state index contributed by atoms with van der Waals surface area (Å²) in [7, 11) is 0. The molecule has 1 fully saturated rings.